The number of aliphatic carboxylic acids is 1. The lowest BCUT2D eigenvalue weighted by Crippen LogP contribution is -2.28. The zero-order valence-corrected chi connectivity index (χ0v) is 11.0. The molecule has 0 saturated heterocycles. The van der Waals surface area contributed by atoms with E-state index in [0.29, 0.717) is 6.54 Å². The predicted molar refractivity (Wildman–Crippen MR) is 63.7 cm³/mol. The molecule has 0 bridgehead atoms. The highest BCUT2D eigenvalue weighted by Crippen LogP contribution is 2.13. The second-order valence-corrected chi connectivity index (χ2v) is 8.74. The first kappa shape index (κ1) is 14.6. The molecule has 0 radical (unpaired) electrons. The molecule has 0 aliphatic rings. The van der Waals surface area contributed by atoms with Crippen molar-refractivity contribution in [2.24, 2.45) is 0 Å². The Morgan fingerprint density at radius 3 is 2.53 bits per heavy atom. The van der Waals surface area contributed by atoms with E-state index in [0.717, 1.165) is 19.4 Å². The quantitative estimate of drug-likeness (QED) is 0.470. The Morgan fingerprint density at radius 1 is 1.33 bits per heavy atom. The van der Waals surface area contributed by atoms with E-state index in [1.54, 1.807) is 7.11 Å². The Morgan fingerprint density at radius 2 is 2.00 bits per heavy atom. The summed E-state index contributed by atoms with van der Waals surface area (Å²) >= 11 is 0. The standard InChI is InChI=1S/C10H23NO3Si/c1-14-15(2,3)9-5-4-7-11-8-6-10(12)13/h11H,4-9H2,1-3H3,(H,12,13). The van der Waals surface area contributed by atoms with Crippen LogP contribution in [0.5, 0.6) is 0 Å². The van der Waals surface area contributed by atoms with E-state index >= 15 is 0 Å². The Balaban J connectivity index is 3.22. The lowest BCUT2D eigenvalue weighted by molar-refractivity contribution is -0.136. The molecule has 0 heterocycles. The van der Waals surface area contributed by atoms with Gasteiger partial charge in [-0.05, 0) is 32.1 Å². The van der Waals surface area contributed by atoms with E-state index in [1.165, 1.54) is 6.04 Å². The third kappa shape index (κ3) is 9.90. The largest absolute Gasteiger partial charge is 0.481 e. The fraction of sp³-hybridized carbons (Fsp3) is 0.900. The number of hydrogen-bond acceptors (Lipinski definition) is 3. The predicted octanol–water partition coefficient (Wildman–Crippen LogP) is 1.68. The third-order valence-corrected chi connectivity index (χ3v) is 5.11. The molecule has 0 saturated carbocycles. The van der Waals surface area contributed by atoms with Gasteiger partial charge in [0.2, 0.25) is 0 Å². The molecule has 0 aromatic heterocycles. The molecule has 0 unspecified atom stereocenters. The van der Waals surface area contributed by atoms with Crippen LogP contribution in [0.15, 0.2) is 0 Å². The van der Waals surface area contributed by atoms with Gasteiger partial charge in [-0.2, -0.15) is 0 Å². The van der Waals surface area contributed by atoms with Crippen LogP contribution in [0.2, 0.25) is 19.1 Å². The van der Waals surface area contributed by atoms with Crippen LogP contribution in [0.3, 0.4) is 0 Å². The molecule has 0 aromatic rings. The van der Waals surface area contributed by atoms with Crippen molar-refractivity contribution in [2.75, 3.05) is 20.2 Å². The summed E-state index contributed by atoms with van der Waals surface area (Å²) < 4.78 is 5.44. The third-order valence-electron chi connectivity index (χ3n) is 2.45. The van der Waals surface area contributed by atoms with Crippen molar-refractivity contribution in [3.8, 4) is 0 Å². The van der Waals surface area contributed by atoms with E-state index in [4.69, 9.17) is 9.53 Å². The van der Waals surface area contributed by atoms with Gasteiger partial charge in [-0.25, -0.2) is 0 Å². The summed E-state index contributed by atoms with van der Waals surface area (Å²) in [4.78, 5) is 10.2. The zero-order chi connectivity index (χ0) is 11.7. The van der Waals surface area contributed by atoms with Crippen LogP contribution >= 0.6 is 0 Å². The summed E-state index contributed by atoms with van der Waals surface area (Å²) in [7, 11) is 0.403. The van der Waals surface area contributed by atoms with Gasteiger partial charge in [-0.1, -0.05) is 6.42 Å². The molecule has 0 atom stereocenters. The van der Waals surface area contributed by atoms with Crippen molar-refractivity contribution in [1.82, 2.24) is 5.32 Å². The van der Waals surface area contributed by atoms with Crippen molar-refractivity contribution >= 4 is 14.3 Å². The van der Waals surface area contributed by atoms with Gasteiger partial charge in [0, 0.05) is 13.7 Å². The maximum Gasteiger partial charge on any atom is 0.304 e. The topological polar surface area (TPSA) is 58.6 Å². The zero-order valence-electron chi connectivity index (χ0n) is 10.0. The molecule has 0 amide bonds. The summed E-state index contributed by atoms with van der Waals surface area (Å²) in [5.74, 6) is -0.740. The van der Waals surface area contributed by atoms with Gasteiger partial charge in [-0.15, -0.1) is 0 Å². The van der Waals surface area contributed by atoms with Crippen LogP contribution in [0, 0.1) is 0 Å². The van der Waals surface area contributed by atoms with Gasteiger partial charge in [0.05, 0.1) is 6.42 Å². The number of unbranched alkanes of at least 4 members (excludes halogenated alkanes) is 1. The molecule has 0 fully saturated rings. The van der Waals surface area contributed by atoms with E-state index < -0.39 is 14.3 Å². The summed E-state index contributed by atoms with van der Waals surface area (Å²) in [5, 5.41) is 11.5. The molecule has 0 spiro atoms. The smallest absolute Gasteiger partial charge is 0.304 e. The minimum atomic E-state index is -1.39. The van der Waals surface area contributed by atoms with Crippen molar-refractivity contribution in [3.63, 3.8) is 0 Å². The summed E-state index contributed by atoms with van der Waals surface area (Å²) in [6.07, 6.45) is 2.46. The fourth-order valence-corrected chi connectivity index (χ4v) is 2.53. The maximum absolute atomic E-state index is 10.2. The number of carboxylic acids is 1. The SMILES string of the molecule is CO[Si](C)(C)CCCCNCCC(=O)O. The number of carbonyl (C=O) groups is 1. The van der Waals surface area contributed by atoms with Crippen molar-refractivity contribution in [3.05, 3.63) is 0 Å². The summed E-state index contributed by atoms with van der Waals surface area (Å²) in [6, 6.07) is 1.17. The van der Waals surface area contributed by atoms with Gasteiger partial charge in [-0.3, -0.25) is 4.79 Å². The number of hydrogen-bond donors (Lipinski definition) is 2. The van der Waals surface area contributed by atoms with Gasteiger partial charge < -0.3 is 14.8 Å². The van der Waals surface area contributed by atoms with E-state index in [9.17, 15) is 4.79 Å². The van der Waals surface area contributed by atoms with Crippen LogP contribution in [-0.4, -0.2) is 39.6 Å². The molecule has 5 heteroatoms. The molecule has 4 nitrogen and oxygen atoms in total. The number of nitrogens with one attached hydrogen (secondary N) is 1. The van der Waals surface area contributed by atoms with E-state index in [1.807, 2.05) is 0 Å². The van der Waals surface area contributed by atoms with Crippen molar-refractivity contribution in [2.45, 2.75) is 38.4 Å². The Kier molecular flexibility index (Phi) is 7.64. The molecule has 15 heavy (non-hydrogen) atoms. The van der Waals surface area contributed by atoms with Crippen LogP contribution in [0.25, 0.3) is 0 Å². The molecule has 0 aliphatic carbocycles. The van der Waals surface area contributed by atoms with Gasteiger partial charge >= 0.3 is 5.97 Å². The molecule has 2 N–H and O–H groups in total. The Hall–Kier alpha value is -0.393. The van der Waals surface area contributed by atoms with Gasteiger partial charge in [0.1, 0.15) is 0 Å². The monoisotopic (exact) mass is 233 g/mol. The number of carboxylic acid groups (broad SMARTS) is 1. The van der Waals surface area contributed by atoms with Crippen molar-refractivity contribution < 1.29 is 14.3 Å². The Labute approximate surface area is 93.1 Å². The summed E-state index contributed by atoms with van der Waals surface area (Å²) in [6.45, 7) is 5.90. The van der Waals surface area contributed by atoms with Crippen LogP contribution < -0.4 is 5.32 Å². The van der Waals surface area contributed by atoms with Gasteiger partial charge in [0.25, 0.3) is 0 Å². The lowest BCUT2D eigenvalue weighted by Gasteiger charge is -2.19. The normalized spacial score (nSPS) is 11.7. The van der Waals surface area contributed by atoms with Crippen molar-refractivity contribution in [1.29, 1.82) is 0 Å². The van der Waals surface area contributed by atoms with Crippen LogP contribution in [-0.2, 0) is 9.22 Å². The molecule has 90 valence electrons. The molecule has 0 aromatic carbocycles. The molecular formula is C10H23NO3Si. The van der Waals surface area contributed by atoms with E-state index in [-0.39, 0.29) is 6.42 Å². The lowest BCUT2D eigenvalue weighted by atomic mass is 10.3. The summed E-state index contributed by atoms with van der Waals surface area (Å²) in [5.41, 5.74) is 0. The minimum Gasteiger partial charge on any atom is -0.481 e. The highest BCUT2D eigenvalue weighted by molar-refractivity contribution is 6.71. The Bertz CT molecular complexity index is 186. The highest BCUT2D eigenvalue weighted by atomic mass is 28.4. The molecule has 0 rings (SSSR count). The average molecular weight is 233 g/mol. The second kappa shape index (κ2) is 7.84. The number of rotatable bonds is 9. The average Bonchev–Trinajstić information content (AvgIpc) is 2.16. The molecular weight excluding hydrogens is 210 g/mol. The first-order valence-electron chi connectivity index (χ1n) is 5.45. The molecule has 0 aliphatic heterocycles. The van der Waals surface area contributed by atoms with Crippen LogP contribution in [0.1, 0.15) is 19.3 Å². The van der Waals surface area contributed by atoms with Crippen LogP contribution in [0.4, 0.5) is 0 Å². The maximum atomic E-state index is 10.2. The van der Waals surface area contributed by atoms with Gasteiger partial charge in [0.15, 0.2) is 8.32 Å². The fourth-order valence-electron chi connectivity index (χ4n) is 1.22. The second-order valence-electron chi connectivity index (χ2n) is 4.31. The highest BCUT2D eigenvalue weighted by Gasteiger charge is 2.18. The first-order valence-corrected chi connectivity index (χ1v) is 8.57. The van der Waals surface area contributed by atoms with E-state index in [2.05, 4.69) is 18.4 Å². The minimum absolute atomic E-state index is 0.207. The first-order chi connectivity index (χ1) is 6.98.